The Morgan fingerprint density at radius 1 is 1.31 bits per heavy atom. The van der Waals surface area contributed by atoms with Crippen LogP contribution >= 0.6 is 0 Å². The van der Waals surface area contributed by atoms with E-state index in [-0.39, 0.29) is 16.8 Å². The maximum absolute atomic E-state index is 11.7. The summed E-state index contributed by atoms with van der Waals surface area (Å²) in [5.41, 5.74) is 0.851. The summed E-state index contributed by atoms with van der Waals surface area (Å²) in [7, 11) is 0. The minimum absolute atomic E-state index is 0.0510. The molecular formula is C14H14O2. The molecule has 2 aliphatic rings. The largest absolute Gasteiger partial charge is 0.464 e. The van der Waals surface area contributed by atoms with Crippen molar-refractivity contribution in [2.45, 2.75) is 13.3 Å². The first-order valence-electron chi connectivity index (χ1n) is 5.58. The van der Waals surface area contributed by atoms with E-state index in [1.54, 1.807) is 0 Å². The average molecular weight is 214 g/mol. The zero-order valence-electron chi connectivity index (χ0n) is 9.27. The van der Waals surface area contributed by atoms with Gasteiger partial charge in [-0.3, -0.25) is 4.79 Å². The minimum Gasteiger partial charge on any atom is -0.464 e. The molecule has 0 spiro atoms. The van der Waals surface area contributed by atoms with Gasteiger partial charge in [-0.2, -0.15) is 0 Å². The SMILES string of the molecule is C[C@@]12COC(=O)[C@]1(/C=C/c1ccccc1)C2. The number of carbonyl (C=O) groups excluding carboxylic acids is 1. The number of cyclic esters (lactones) is 1. The van der Waals surface area contributed by atoms with Gasteiger partial charge in [0.15, 0.2) is 0 Å². The van der Waals surface area contributed by atoms with E-state index < -0.39 is 0 Å². The second kappa shape index (κ2) is 2.97. The van der Waals surface area contributed by atoms with E-state index in [4.69, 9.17) is 4.74 Å². The monoisotopic (exact) mass is 214 g/mol. The van der Waals surface area contributed by atoms with Crippen LogP contribution in [0.4, 0.5) is 0 Å². The molecule has 1 aromatic carbocycles. The summed E-state index contributed by atoms with van der Waals surface area (Å²) in [6.07, 6.45) is 4.98. The van der Waals surface area contributed by atoms with Crippen LogP contribution in [0.3, 0.4) is 0 Å². The summed E-state index contributed by atoms with van der Waals surface area (Å²) in [4.78, 5) is 11.7. The van der Waals surface area contributed by atoms with Gasteiger partial charge < -0.3 is 4.74 Å². The first kappa shape index (κ1) is 9.64. The van der Waals surface area contributed by atoms with E-state index in [9.17, 15) is 4.79 Å². The summed E-state index contributed by atoms with van der Waals surface area (Å²) in [6, 6.07) is 10.0. The Labute approximate surface area is 94.9 Å². The Morgan fingerprint density at radius 3 is 2.62 bits per heavy atom. The van der Waals surface area contributed by atoms with Crippen LogP contribution in [-0.2, 0) is 9.53 Å². The van der Waals surface area contributed by atoms with Crippen LogP contribution in [0.5, 0.6) is 0 Å². The highest BCUT2D eigenvalue weighted by Crippen LogP contribution is 2.69. The van der Waals surface area contributed by atoms with Crippen molar-refractivity contribution in [1.29, 1.82) is 0 Å². The predicted molar refractivity (Wildman–Crippen MR) is 61.6 cm³/mol. The number of hydrogen-bond acceptors (Lipinski definition) is 2. The molecule has 1 saturated heterocycles. The summed E-state index contributed by atoms with van der Waals surface area (Å²) in [6.45, 7) is 2.69. The quantitative estimate of drug-likeness (QED) is 0.707. The van der Waals surface area contributed by atoms with Gasteiger partial charge in [-0.25, -0.2) is 0 Å². The number of benzene rings is 1. The molecule has 16 heavy (non-hydrogen) atoms. The molecule has 1 aromatic rings. The number of ether oxygens (including phenoxy) is 1. The van der Waals surface area contributed by atoms with Gasteiger partial charge >= 0.3 is 5.97 Å². The fraction of sp³-hybridized carbons (Fsp3) is 0.357. The molecule has 1 aliphatic carbocycles. The maximum atomic E-state index is 11.7. The third kappa shape index (κ3) is 1.16. The van der Waals surface area contributed by atoms with E-state index in [1.807, 2.05) is 42.5 Å². The van der Waals surface area contributed by atoms with Gasteiger partial charge in [-0.1, -0.05) is 49.4 Å². The maximum Gasteiger partial charge on any atom is 0.316 e. The molecule has 0 aromatic heterocycles. The number of carbonyl (C=O) groups is 1. The van der Waals surface area contributed by atoms with Crippen LogP contribution in [0.15, 0.2) is 36.4 Å². The lowest BCUT2D eigenvalue weighted by Crippen LogP contribution is -2.11. The normalized spacial score (nSPS) is 36.2. The topological polar surface area (TPSA) is 26.3 Å². The zero-order valence-corrected chi connectivity index (χ0v) is 9.27. The molecule has 1 saturated carbocycles. The lowest BCUT2D eigenvalue weighted by molar-refractivity contribution is -0.143. The molecule has 3 rings (SSSR count). The standard InChI is InChI=1S/C14H14O2/c1-13-9-14(13,12(15)16-10-13)8-7-11-5-3-2-4-6-11/h2-8H,9-10H2,1H3/b8-7+/t13-,14+/m1/s1. The van der Waals surface area contributed by atoms with Crippen LogP contribution in [0.25, 0.3) is 6.08 Å². The van der Waals surface area contributed by atoms with Gasteiger partial charge in [0, 0.05) is 5.41 Å². The van der Waals surface area contributed by atoms with Crippen LogP contribution in [0.2, 0.25) is 0 Å². The van der Waals surface area contributed by atoms with Crippen LogP contribution in [0, 0.1) is 10.8 Å². The Hall–Kier alpha value is -1.57. The first-order chi connectivity index (χ1) is 7.66. The average Bonchev–Trinajstić information content (AvgIpc) is 2.85. The van der Waals surface area contributed by atoms with Gasteiger partial charge in [0.2, 0.25) is 0 Å². The highest BCUT2D eigenvalue weighted by Gasteiger charge is 2.73. The van der Waals surface area contributed by atoms with E-state index >= 15 is 0 Å². The smallest absolute Gasteiger partial charge is 0.316 e. The molecular weight excluding hydrogens is 200 g/mol. The van der Waals surface area contributed by atoms with Crippen LogP contribution in [0.1, 0.15) is 18.9 Å². The lowest BCUT2D eigenvalue weighted by Gasteiger charge is -2.03. The fourth-order valence-electron chi connectivity index (χ4n) is 2.55. The second-order valence-corrected chi connectivity index (χ2v) is 5.03. The highest BCUT2D eigenvalue weighted by molar-refractivity contribution is 5.88. The molecule has 1 aliphatic heterocycles. The van der Waals surface area contributed by atoms with E-state index in [0.29, 0.717) is 6.61 Å². The Morgan fingerprint density at radius 2 is 2.06 bits per heavy atom. The third-order valence-corrected chi connectivity index (χ3v) is 3.87. The van der Waals surface area contributed by atoms with Gasteiger partial charge in [-0.15, -0.1) is 0 Å². The number of esters is 1. The minimum atomic E-state index is -0.331. The Balaban J connectivity index is 1.87. The van der Waals surface area contributed by atoms with Crippen molar-refractivity contribution in [3.8, 4) is 0 Å². The predicted octanol–water partition coefficient (Wildman–Crippen LogP) is 2.65. The van der Waals surface area contributed by atoms with Crippen molar-refractivity contribution in [3.63, 3.8) is 0 Å². The lowest BCUT2D eigenvalue weighted by atomic mass is 9.96. The molecule has 2 heteroatoms. The van der Waals surface area contributed by atoms with Crippen molar-refractivity contribution in [1.82, 2.24) is 0 Å². The Kier molecular flexibility index (Phi) is 1.79. The summed E-state index contributed by atoms with van der Waals surface area (Å²) in [5, 5.41) is 0. The van der Waals surface area contributed by atoms with Crippen molar-refractivity contribution in [3.05, 3.63) is 42.0 Å². The summed E-state index contributed by atoms with van der Waals surface area (Å²) < 4.78 is 5.12. The molecule has 82 valence electrons. The highest BCUT2D eigenvalue weighted by atomic mass is 16.5. The molecule has 1 heterocycles. The molecule has 2 fully saturated rings. The molecule has 0 radical (unpaired) electrons. The molecule has 2 nitrogen and oxygen atoms in total. The second-order valence-electron chi connectivity index (χ2n) is 5.03. The Bertz CT molecular complexity index is 463. The molecule has 0 amide bonds. The van der Waals surface area contributed by atoms with Crippen LogP contribution < -0.4 is 0 Å². The fourth-order valence-corrected chi connectivity index (χ4v) is 2.55. The van der Waals surface area contributed by atoms with Gasteiger partial charge in [-0.05, 0) is 12.0 Å². The summed E-state index contributed by atoms with van der Waals surface area (Å²) >= 11 is 0. The molecule has 2 atom stereocenters. The van der Waals surface area contributed by atoms with Crippen LogP contribution in [-0.4, -0.2) is 12.6 Å². The number of hydrogen-bond donors (Lipinski definition) is 0. The van der Waals surface area contributed by atoms with Crippen molar-refractivity contribution in [2.75, 3.05) is 6.61 Å². The van der Waals surface area contributed by atoms with Gasteiger partial charge in [0.05, 0.1) is 12.0 Å². The van der Waals surface area contributed by atoms with Crippen molar-refractivity contribution < 1.29 is 9.53 Å². The van der Waals surface area contributed by atoms with Gasteiger partial charge in [0.25, 0.3) is 0 Å². The van der Waals surface area contributed by atoms with Gasteiger partial charge in [0.1, 0.15) is 0 Å². The summed E-state index contributed by atoms with van der Waals surface area (Å²) in [5.74, 6) is -0.0535. The zero-order chi connectivity index (χ0) is 11.2. The van der Waals surface area contributed by atoms with E-state index in [0.717, 1.165) is 12.0 Å². The molecule has 0 N–H and O–H groups in total. The third-order valence-electron chi connectivity index (χ3n) is 3.87. The molecule has 0 unspecified atom stereocenters. The first-order valence-corrected chi connectivity index (χ1v) is 5.58. The van der Waals surface area contributed by atoms with Crippen molar-refractivity contribution >= 4 is 12.0 Å². The number of fused-ring (bicyclic) bond motifs is 1. The number of rotatable bonds is 2. The van der Waals surface area contributed by atoms with E-state index in [1.165, 1.54) is 0 Å². The van der Waals surface area contributed by atoms with E-state index in [2.05, 4.69) is 6.92 Å². The molecule has 0 bridgehead atoms. The van der Waals surface area contributed by atoms with Crippen molar-refractivity contribution in [2.24, 2.45) is 10.8 Å².